The fourth-order valence-electron chi connectivity index (χ4n) is 4.03. The highest BCUT2D eigenvalue weighted by Gasteiger charge is 2.38. The maximum absolute atomic E-state index is 13.8. The molecule has 0 unspecified atom stereocenters. The molecule has 0 bridgehead atoms. The molecule has 5 rings (SSSR count). The van der Waals surface area contributed by atoms with Crippen LogP contribution < -0.4 is 5.32 Å². The van der Waals surface area contributed by atoms with Gasteiger partial charge in [0, 0.05) is 41.4 Å². The van der Waals surface area contributed by atoms with Gasteiger partial charge in [0.25, 0.3) is 5.91 Å². The molecule has 1 aliphatic carbocycles. The third-order valence-electron chi connectivity index (χ3n) is 6.02. The number of fused-ring (bicyclic) bond motifs is 1. The number of amides is 1. The fraction of sp³-hybridized carbons (Fsp3) is 0.333. The highest BCUT2D eigenvalue weighted by atomic mass is 35.5. The largest absolute Gasteiger partial charge is 0.435 e. The molecule has 1 saturated carbocycles. The van der Waals surface area contributed by atoms with E-state index in [2.05, 4.69) is 20.5 Å². The molecule has 1 amide bonds. The topological polar surface area (TPSA) is 77.1 Å². The summed E-state index contributed by atoms with van der Waals surface area (Å²) in [5, 5.41) is 10.4. The lowest BCUT2D eigenvalue weighted by atomic mass is 10.1. The number of hydrogen-bond acceptors (Lipinski definition) is 4. The van der Waals surface area contributed by atoms with Crippen LogP contribution in [0, 0.1) is 0 Å². The van der Waals surface area contributed by atoms with Crippen molar-refractivity contribution < 1.29 is 31.1 Å². The van der Waals surface area contributed by atoms with Crippen molar-refractivity contribution in [3.63, 3.8) is 0 Å². The van der Waals surface area contributed by atoms with E-state index in [0.717, 1.165) is 31.0 Å². The highest BCUT2D eigenvalue weighted by Crippen LogP contribution is 2.42. The Balaban J connectivity index is 1.31. The first-order valence-corrected chi connectivity index (χ1v) is 11.9. The monoisotopic (exact) mass is 556 g/mol. The van der Waals surface area contributed by atoms with Gasteiger partial charge in [-0.05, 0) is 43.5 Å². The molecule has 200 valence electrons. The van der Waals surface area contributed by atoms with Gasteiger partial charge in [-0.3, -0.25) is 9.48 Å². The first kappa shape index (κ1) is 26.0. The summed E-state index contributed by atoms with van der Waals surface area (Å²) in [6, 6.07) is 9.11. The zero-order chi connectivity index (χ0) is 27.2. The zero-order valence-electron chi connectivity index (χ0n) is 19.4. The molecule has 7 nitrogen and oxygen atoms in total. The third-order valence-corrected chi connectivity index (χ3v) is 6.27. The molecule has 0 spiro atoms. The number of nitrogens with one attached hydrogen (secondary N) is 1. The molecule has 0 saturated heterocycles. The summed E-state index contributed by atoms with van der Waals surface area (Å²) in [5.41, 5.74) is -1.61. The van der Waals surface area contributed by atoms with E-state index in [9.17, 15) is 31.1 Å². The molecular formula is C24H19ClF6N6O. The lowest BCUT2D eigenvalue weighted by Gasteiger charge is -2.11. The molecule has 38 heavy (non-hydrogen) atoms. The molecule has 14 heteroatoms. The Morgan fingerprint density at radius 2 is 1.71 bits per heavy atom. The zero-order valence-corrected chi connectivity index (χ0v) is 20.2. The van der Waals surface area contributed by atoms with Crippen LogP contribution in [0.4, 0.5) is 26.3 Å². The maximum Gasteiger partial charge on any atom is 0.435 e. The molecule has 1 aromatic carbocycles. The van der Waals surface area contributed by atoms with Crippen molar-refractivity contribution in [2.45, 2.75) is 44.1 Å². The number of aromatic nitrogens is 5. The molecule has 1 N–H and O–H groups in total. The number of rotatable bonds is 7. The summed E-state index contributed by atoms with van der Waals surface area (Å²) in [7, 11) is 0. The molecule has 0 radical (unpaired) electrons. The van der Waals surface area contributed by atoms with Crippen LogP contribution in [-0.2, 0) is 18.9 Å². The standard InChI is InChI=1S/C24H19ClF6N6O/c25-15-6-4-13(5-7-15)16-10-20(24(29,30)31)37-21(33-16)11-17(34-37)22(38)32-8-1-9-36-18(14-2-3-14)12-19(35-36)23(26,27)28/h4-7,10-12,14H,1-3,8-9H2,(H,32,38). The second-order valence-electron chi connectivity index (χ2n) is 8.89. The van der Waals surface area contributed by atoms with Crippen LogP contribution in [0.15, 0.2) is 42.5 Å². The summed E-state index contributed by atoms with van der Waals surface area (Å²) in [6.45, 7) is 0.186. The SMILES string of the molecule is O=C(NCCCn1nc(C(F)(F)F)cc1C1CC1)c1cc2nc(-c3ccc(Cl)cc3)cc(C(F)(F)F)n2n1. The average Bonchev–Trinajstić information content (AvgIpc) is 3.43. The van der Waals surface area contributed by atoms with Crippen LogP contribution in [0.25, 0.3) is 16.9 Å². The van der Waals surface area contributed by atoms with Gasteiger partial charge in [-0.15, -0.1) is 0 Å². The Morgan fingerprint density at radius 3 is 2.34 bits per heavy atom. The van der Waals surface area contributed by atoms with Crippen molar-refractivity contribution in [2.24, 2.45) is 0 Å². The van der Waals surface area contributed by atoms with E-state index in [1.807, 2.05) is 0 Å². The molecule has 4 aromatic rings. The summed E-state index contributed by atoms with van der Waals surface area (Å²) in [4.78, 5) is 16.8. The van der Waals surface area contributed by atoms with Crippen LogP contribution in [0.5, 0.6) is 0 Å². The van der Waals surface area contributed by atoms with Crippen molar-refractivity contribution in [3.8, 4) is 11.3 Å². The number of hydrogen-bond donors (Lipinski definition) is 1. The predicted octanol–water partition coefficient (Wildman–Crippen LogP) is 5.98. The third kappa shape index (κ3) is 5.47. The quantitative estimate of drug-likeness (QED) is 0.224. The van der Waals surface area contributed by atoms with Crippen LogP contribution >= 0.6 is 11.6 Å². The van der Waals surface area contributed by atoms with E-state index in [4.69, 9.17) is 11.6 Å². The number of nitrogens with zero attached hydrogens (tertiary/aromatic N) is 5. The number of carbonyl (C=O) groups excluding carboxylic acids is 1. The van der Waals surface area contributed by atoms with Gasteiger partial charge in [0.05, 0.1) is 5.69 Å². The molecule has 0 aliphatic heterocycles. The molecule has 1 aliphatic rings. The lowest BCUT2D eigenvalue weighted by molar-refractivity contribution is -0.143. The fourth-order valence-corrected chi connectivity index (χ4v) is 4.16. The molecule has 3 aromatic heterocycles. The Hall–Kier alpha value is -3.61. The Bertz CT molecular complexity index is 1490. The average molecular weight is 557 g/mol. The van der Waals surface area contributed by atoms with E-state index in [-0.39, 0.29) is 42.5 Å². The highest BCUT2D eigenvalue weighted by molar-refractivity contribution is 6.30. The smallest absolute Gasteiger partial charge is 0.351 e. The van der Waals surface area contributed by atoms with E-state index in [1.54, 1.807) is 0 Å². The van der Waals surface area contributed by atoms with Gasteiger partial charge in [-0.1, -0.05) is 23.7 Å². The van der Waals surface area contributed by atoms with Gasteiger partial charge in [-0.2, -0.15) is 36.5 Å². The minimum Gasteiger partial charge on any atom is -0.351 e. The molecule has 3 heterocycles. The Kier molecular flexibility index (Phi) is 6.58. The number of alkyl halides is 6. The molecule has 1 fully saturated rings. The van der Waals surface area contributed by atoms with Gasteiger partial charge in [0.15, 0.2) is 22.7 Å². The van der Waals surface area contributed by atoms with Crippen LogP contribution in [0.2, 0.25) is 5.02 Å². The lowest BCUT2D eigenvalue weighted by Crippen LogP contribution is -2.26. The van der Waals surface area contributed by atoms with Gasteiger partial charge in [0.1, 0.15) is 0 Å². The van der Waals surface area contributed by atoms with Crippen LogP contribution in [-0.4, -0.2) is 36.8 Å². The van der Waals surface area contributed by atoms with Gasteiger partial charge in [0.2, 0.25) is 0 Å². The number of halogens is 7. The second kappa shape index (κ2) is 9.61. The van der Waals surface area contributed by atoms with Crippen molar-refractivity contribution in [3.05, 3.63) is 70.3 Å². The van der Waals surface area contributed by atoms with Crippen molar-refractivity contribution in [2.75, 3.05) is 6.54 Å². The van der Waals surface area contributed by atoms with E-state index < -0.39 is 29.6 Å². The van der Waals surface area contributed by atoms with Gasteiger partial charge < -0.3 is 5.32 Å². The van der Waals surface area contributed by atoms with Crippen molar-refractivity contribution in [1.29, 1.82) is 0 Å². The minimum absolute atomic E-state index is 0.0252. The summed E-state index contributed by atoms with van der Waals surface area (Å²) >= 11 is 5.86. The van der Waals surface area contributed by atoms with Crippen LogP contribution in [0.1, 0.15) is 52.8 Å². The maximum atomic E-state index is 13.8. The predicted molar refractivity (Wildman–Crippen MR) is 125 cm³/mol. The van der Waals surface area contributed by atoms with Crippen molar-refractivity contribution >= 4 is 23.2 Å². The second-order valence-corrected chi connectivity index (χ2v) is 9.33. The number of aryl methyl sites for hydroxylation is 1. The summed E-state index contributed by atoms with van der Waals surface area (Å²) in [6.07, 6.45) is -7.49. The Labute approximate surface area is 216 Å². The first-order valence-electron chi connectivity index (χ1n) is 11.6. The van der Waals surface area contributed by atoms with E-state index in [1.165, 1.54) is 28.9 Å². The molecule has 0 atom stereocenters. The van der Waals surface area contributed by atoms with Crippen LogP contribution in [0.3, 0.4) is 0 Å². The summed E-state index contributed by atoms with van der Waals surface area (Å²) in [5.74, 6) is -0.699. The Morgan fingerprint density at radius 1 is 1.00 bits per heavy atom. The number of benzene rings is 1. The van der Waals surface area contributed by atoms with Gasteiger partial charge >= 0.3 is 12.4 Å². The van der Waals surface area contributed by atoms with E-state index in [0.29, 0.717) is 20.8 Å². The van der Waals surface area contributed by atoms with E-state index >= 15 is 0 Å². The van der Waals surface area contributed by atoms with Crippen molar-refractivity contribution in [1.82, 2.24) is 29.7 Å². The first-order chi connectivity index (χ1) is 17.9. The normalized spacial score (nSPS) is 14.3. The van der Waals surface area contributed by atoms with Gasteiger partial charge in [-0.25, -0.2) is 9.50 Å². The summed E-state index contributed by atoms with van der Waals surface area (Å²) < 4.78 is 82.3. The molecular weight excluding hydrogens is 538 g/mol. The number of carbonyl (C=O) groups is 1. The minimum atomic E-state index is -4.78.